The second-order valence-electron chi connectivity index (χ2n) is 3.93. The van der Waals surface area contributed by atoms with Crippen molar-refractivity contribution in [1.29, 1.82) is 0 Å². The van der Waals surface area contributed by atoms with E-state index in [0.29, 0.717) is 11.3 Å². The van der Waals surface area contributed by atoms with E-state index in [1.165, 1.54) is 18.3 Å². The van der Waals surface area contributed by atoms with Crippen LogP contribution in [0.3, 0.4) is 0 Å². The molecule has 0 bridgehead atoms. The molecule has 18 heavy (non-hydrogen) atoms. The molecule has 1 N–H and O–H groups in total. The molecule has 0 spiro atoms. The molecule has 1 atom stereocenters. The number of nitrogens with one attached hydrogen (secondary N) is 1. The van der Waals surface area contributed by atoms with Crippen LogP contribution in [0.2, 0.25) is 0 Å². The summed E-state index contributed by atoms with van der Waals surface area (Å²) in [6.07, 6.45) is 2.62. The minimum Gasteiger partial charge on any atom is -0.378 e. The SMILES string of the molecule is CC(Nc1ccc(F)c(F)c1)c1cncc(F)c1. The Hall–Kier alpha value is -2.04. The number of halogens is 3. The van der Waals surface area contributed by atoms with Crippen molar-refractivity contribution in [3.63, 3.8) is 0 Å². The normalized spacial score (nSPS) is 12.2. The zero-order chi connectivity index (χ0) is 13.1. The van der Waals surface area contributed by atoms with Crippen LogP contribution in [0.15, 0.2) is 36.7 Å². The van der Waals surface area contributed by atoms with E-state index in [4.69, 9.17) is 0 Å². The fourth-order valence-electron chi connectivity index (χ4n) is 1.58. The van der Waals surface area contributed by atoms with Crippen LogP contribution in [0.4, 0.5) is 18.9 Å². The number of hydrogen-bond acceptors (Lipinski definition) is 2. The minimum absolute atomic E-state index is 0.266. The van der Waals surface area contributed by atoms with Gasteiger partial charge in [0.1, 0.15) is 5.82 Å². The Morgan fingerprint density at radius 3 is 2.50 bits per heavy atom. The molecule has 0 saturated heterocycles. The standard InChI is InChI=1S/C13H11F3N2/c1-8(9-4-10(14)7-17-6-9)18-11-2-3-12(15)13(16)5-11/h2-8,18H,1H3. The molecule has 1 heterocycles. The van der Waals surface area contributed by atoms with E-state index in [1.807, 2.05) is 0 Å². The van der Waals surface area contributed by atoms with Crippen LogP contribution in [0.25, 0.3) is 0 Å². The van der Waals surface area contributed by atoms with Crippen molar-refractivity contribution < 1.29 is 13.2 Å². The predicted octanol–water partition coefficient (Wildman–Crippen LogP) is 3.67. The summed E-state index contributed by atoms with van der Waals surface area (Å²) in [7, 11) is 0. The molecule has 1 unspecified atom stereocenters. The number of pyridine rings is 1. The molecule has 1 aromatic carbocycles. The van der Waals surface area contributed by atoms with Crippen molar-refractivity contribution in [1.82, 2.24) is 4.98 Å². The van der Waals surface area contributed by atoms with Crippen molar-refractivity contribution in [3.8, 4) is 0 Å². The molecule has 0 aliphatic heterocycles. The van der Waals surface area contributed by atoms with Gasteiger partial charge >= 0.3 is 0 Å². The first-order valence-electron chi connectivity index (χ1n) is 5.38. The van der Waals surface area contributed by atoms with Gasteiger partial charge in [0, 0.05) is 18.0 Å². The van der Waals surface area contributed by atoms with Gasteiger partial charge in [-0.15, -0.1) is 0 Å². The summed E-state index contributed by atoms with van der Waals surface area (Å²) in [4.78, 5) is 3.73. The number of nitrogens with zero attached hydrogens (tertiary/aromatic N) is 1. The smallest absolute Gasteiger partial charge is 0.160 e. The average molecular weight is 252 g/mol. The first-order chi connectivity index (χ1) is 8.56. The van der Waals surface area contributed by atoms with Gasteiger partial charge in [-0.25, -0.2) is 13.2 Å². The predicted molar refractivity (Wildman–Crippen MR) is 62.6 cm³/mol. The first-order valence-corrected chi connectivity index (χ1v) is 5.38. The summed E-state index contributed by atoms with van der Waals surface area (Å²) >= 11 is 0. The largest absolute Gasteiger partial charge is 0.378 e. The van der Waals surface area contributed by atoms with Gasteiger partial charge in [0.05, 0.1) is 12.2 Å². The maximum absolute atomic E-state index is 13.0. The zero-order valence-corrected chi connectivity index (χ0v) is 9.62. The number of rotatable bonds is 3. The van der Waals surface area contributed by atoms with Crippen molar-refractivity contribution in [3.05, 3.63) is 59.7 Å². The Morgan fingerprint density at radius 1 is 1.06 bits per heavy atom. The van der Waals surface area contributed by atoms with Crippen LogP contribution in [0, 0.1) is 17.5 Å². The van der Waals surface area contributed by atoms with E-state index in [9.17, 15) is 13.2 Å². The molecule has 0 fully saturated rings. The van der Waals surface area contributed by atoms with Gasteiger partial charge in [0.15, 0.2) is 11.6 Å². The monoisotopic (exact) mass is 252 g/mol. The third kappa shape index (κ3) is 2.80. The van der Waals surface area contributed by atoms with Crippen LogP contribution in [-0.2, 0) is 0 Å². The fourth-order valence-corrected chi connectivity index (χ4v) is 1.58. The molecule has 94 valence electrons. The Kier molecular flexibility index (Phi) is 3.50. The molecular weight excluding hydrogens is 241 g/mol. The molecule has 2 aromatic rings. The highest BCUT2D eigenvalue weighted by molar-refractivity contribution is 5.45. The Bertz CT molecular complexity index is 558. The van der Waals surface area contributed by atoms with Crippen molar-refractivity contribution >= 4 is 5.69 Å². The summed E-state index contributed by atoms with van der Waals surface area (Å²) < 4.78 is 38.7. The average Bonchev–Trinajstić information content (AvgIpc) is 2.34. The zero-order valence-electron chi connectivity index (χ0n) is 9.62. The maximum Gasteiger partial charge on any atom is 0.160 e. The summed E-state index contributed by atoms with van der Waals surface area (Å²) in [6.45, 7) is 1.78. The number of hydrogen-bond donors (Lipinski definition) is 1. The molecule has 0 radical (unpaired) electrons. The molecule has 0 amide bonds. The van der Waals surface area contributed by atoms with E-state index < -0.39 is 17.5 Å². The quantitative estimate of drug-likeness (QED) is 0.901. The molecule has 0 saturated carbocycles. The Morgan fingerprint density at radius 2 is 1.83 bits per heavy atom. The van der Waals surface area contributed by atoms with Gasteiger partial charge in [0.25, 0.3) is 0 Å². The van der Waals surface area contributed by atoms with Crippen LogP contribution in [-0.4, -0.2) is 4.98 Å². The van der Waals surface area contributed by atoms with Crippen molar-refractivity contribution in [2.45, 2.75) is 13.0 Å². The highest BCUT2D eigenvalue weighted by Crippen LogP contribution is 2.20. The number of benzene rings is 1. The van der Waals surface area contributed by atoms with Crippen LogP contribution in [0.1, 0.15) is 18.5 Å². The third-order valence-electron chi connectivity index (χ3n) is 2.53. The molecule has 5 heteroatoms. The van der Waals surface area contributed by atoms with E-state index in [-0.39, 0.29) is 6.04 Å². The topological polar surface area (TPSA) is 24.9 Å². The lowest BCUT2D eigenvalue weighted by atomic mass is 10.1. The van der Waals surface area contributed by atoms with Gasteiger partial charge in [-0.2, -0.15) is 0 Å². The van der Waals surface area contributed by atoms with E-state index in [2.05, 4.69) is 10.3 Å². The van der Waals surface area contributed by atoms with Crippen LogP contribution >= 0.6 is 0 Å². The van der Waals surface area contributed by atoms with E-state index in [0.717, 1.165) is 18.3 Å². The van der Waals surface area contributed by atoms with Crippen LogP contribution in [0.5, 0.6) is 0 Å². The third-order valence-corrected chi connectivity index (χ3v) is 2.53. The summed E-state index contributed by atoms with van der Waals surface area (Å²) in [5.41, 5.74) is 1.05. The summed E-state index contributed by atoms with van der Waals surface area (Å²) in [6, 6.07) is 4.58. The van der Waals surface area contributed by atoms with Gasteiger partial charge in [0.2, 0.25) is 0 Å². The molecule has 2 rings (SSSR count). The maximum atomic E-state index is 13.0. The van der Waals surface area contributed by atoms with Crippen LogP contribution < -0.4 is 5.32 Å². The molecule has 0 aliphatic carbocycles. The number of anilines is 1. The van der Waals surface area contributed by atoms with Crippen molar-refractivity contribution in [2.75, 3.05) is 5.32 Å². The van der Waals surface area contributed by atoms with Gasteiger partial charge < -0.3 is 5.32 Å². The van der Waals surface area contributed by atoms with Gasteiger partial charge in [-0.3, -0.25) is 4.98 Å². The second-order valence-corrected chi connectivity index (χ2v) is 3.93. The lowest BCUT2D eigenvalue weighted by Gasteiger charge is -2.15. The Labute approximate surface area is 102 Å². The highest BCUT2D eigenvalue weighted by atomic mass is 19.2. The molecule has 2 nitrogen and oxygen atoms in total. The highest BCUT2D eigenvalue weighted by Gasteiger charge is 2.08. The fraction of sp³-hybridized carbons (Fsp3) is 0.154. The summed E-state index contributed by atoms with van der Waals surface area (Å²) in [5, 5.41) is 2.94. The van der Waals surface area contributed by atoms with E-state index >= 15 is 0 Å². The summed E-state index contributed by atoms with van der Waals surface area (Å²) in [5.74, 6) is -2.27. The molecular formula is C13H11F3N2. The minimum atomic E-state index is -0.926. The Balaban J connectivity index is 2.16. The first kappa shape index (κ1) is 12.4. The van der Waals surface area contributed by atoms with Crippen molar-refractivity contribution in [2.24, 2.45) is 0 Å². The lowest BCUT2D eigenvalue weighted by molar-refractivity contribution is 0.509. The molecule has 0 aliphatic rings. The molecule has 1 aromatic heterocycles. The lowest BCUT2D eigenvalue weighted by Crippen LogP contribution is -2.07. The van der Waals surface area contributed by atoms with Gasteiger partial charge in [-0.05, 0) is 30.7 Å². The van der Waals surface area contributed by atoms with E-state index in [1.54, 1.807) is 6.92 Å². The second kappa shape index (κ2) is 5.08. The number of aromatic nitrogens is 1. The van der Waals surface area contributed by atoms with Gasteiger partial charge in [-0.1, -0.05) is 0 Å².